The molecule has 2 fully saturated rings. The Labute approximate surface area is 98.3 Å². The topological polar surface area (TPSA) is 12.0 Å². The molecule has 0 bridgehead atoms. The summed E-state index contributed by atoms with van der Waals surface area (Å²) in [5.74, 6) is 1.75. The fraction of sp³-hybridized carbons (Fsp3) is 0.600. The average Bonchev–Trinajstić information content (AvgIpc) is 3.20. The fourth-order valence-corrected chi connectivity index (χ4v) is 2.49. The molecule has 86 valence electrons. The highest BCUT2D eigenvalue weighted by Gasteiger charge is 2.38. The summed E-state index contributed by atoms with van der Waals surface area (Å²) in [6.45, 7) is 3.46. The second-order valence-electron chi connectivity index (χ2n) is 5.38. The molecule has 1 aromatic rings. The Morgan fingerprint density at radius 2 is 1.94 bits per heavy atom. The van der Waals surface area contributed by atoms with Gasteiger partial charge in [0.2, 0.25) is 0 Å². The van der Waals surface area contributed by atoms with Gasteiger partial charge < -0.3 is 5.32 Å². The Bertz CT molecular complexity index is 350. The van der Waals surface area contributed by atoms with E-state index >= 15 is 0 Å². The Morgan fingerprint density at radius 1 is 1.19 bits per heavy atom. The minimum Gasteiger partial charge on any atom is -0.314 e. The van der Waals surface area contributed by atoms with Gasteiger partial charge in [0.1, 0.15) is 0 Å². The lowest BCUT2D eigenvalue weighted by molar-refractivity contribution is 0.624. The second-order valence-corrected chi connectivity index (χ2v) is 5.38. The summed E-state index contributed by atoms with van der Waals surface area (Å²) in [5.41, 5.74) is 3.01. The largest absolute Gasteiger partial charge is 0.314 e. The van der Waals surface area contributed by atoms with Crippen molar-refractivity contribution in [1.82, 2.24) is 5.32 Å². The Balaban J connectivity index is 1.53. The van der Waals surface area contributed by atoms with Crippen molar-refractivity contribution < 1.29 is 0 Å². The highest BCUT2D eigenvalue weighted by molar-refractivity contribution is 5.29. The van der Waals surface area contributed by atoms with Crippen LogP contribution in [0.3, 0.4) is 0 Å². The molecular weight excluding hydrogens is 194 g/mol. The van der Waals surface area contributed by atoms with Crippen LogP contribution in [0.15, 0.2) is 24.3 Å². The van der Waals surface area contributed by atoms with Gasteiger partial charge in [-0.1, -0.05) is 31.2 Å². The van der Waals surface area contributed by atoms with Crippen molar-refractivity contribution in [2.45, 2.75) is 44.6 Å². The molecule has 0 amide bonds. The van der Waals surface area contributed by atoms with Crippen LogP contribution in [0.2, 0.25) is 0 Å². The summed E-state index contributed by atoms with van der Waals surface area (Å²) < 4.78 is 0. The zero-order valence-electron chi connectivity index (χ0n) is 10.1. The number of hydrogen-bond donors (Lipinski definition) is 1. The highest BCUT2D eigenvalue weighted by atomic mass is 15.0. The molecule has 2 atom stereocenters. The van der Waals surface area contributed by atoms with Crippen molar-refractivity contribution >= 4 is 0 Å². The van der Waals surface area contributed by atoms with Crippen LogP contribution < -0.4 is 5.32 Å². The van der Waals surface area contributed by atoms with Crippen LogP contribution in [0.4, 0.5) is 0 Å². The molecule has 16 heavy (non-hydrogen) atoms. The SMILES string of the molecule is CCc1ccc(C2CC2CNC2CC2)cc1. The quantitative estimate of drug-likeness (QED) is 0.796. The smallest absolute Gasteiger partial charge is 0.00683 e. The lowest BCUT2D eigenvalue weighted by Crippen LogP contribution is -2.19. The van der Waals surface area contributed by atoms with Crippen LogP contribution in [-0.4, -0.2) is 12.6 Å². The first-order chi connectivity index (χ1) is 7.86. The first kappa shape index (κ1) is 10.3. The van der Waals surface area contributed by atoms with Gasteiger partial charge in [-0.25, -0.2) is 0 Å². The summed E-state index contributed by atoms with van der Waals surface area (Å²) in [6, 6.07) is 10.1. The fourth-order valence-electron chi connectivity index (χ4n) is 2.49. The standard InChI is InChI=1S/C15H21N/c1-2-11-3-5-12(6-4-11)15-9-13(15)10-16-14-7-8-14/h3-6,13-16H,2,7-10H2,1H3. The molecule has 0 radical (unpaired) electrons. The van der Waals surface area contributed by atoms with E-state index in [-0.39, 0.29) is 0 Å². The maximum absolute atomic E-state index is 3.64. The zero-order chi connectivity index (χ0) is 11.0. The van der Waals surface area contributed by atoms with Gasteiger partial charge in [0, 0.05) is 6.04 Å². The second kappa shape index (κ2) is 4.21. The van der Waals surface area contributed by atoms with E-state index in [1.165, 1.54) is 31.4 Å². The molecule has 2 saturated carbocycles. The lowest BCUT2D eigenvalue weighted by Gasteiger charge is -2.03. The van der Waals surface area contributed by atoms with Crippen molar-refractivity contribution in [2.75, 3.05) is 6.54 Å². The molecule has 2 aliphatic carbocycles. The van der Waals surface area contributed by atoms with Crippen molar-refractivity contribution in [3.05, 3.63) is 35.4 Å². The van der Waals surface area contributed by atoms with E-state index in [0.717, 1.165) is 24.3 Å². The normalized spacial score (nSPS) is 28.1. The minimum atomic E-state index is 0.845. The monoisotopic (exact) mass is 215 g/mol. The minimum absolute atomic E-state index is 0.845. The van der Waals surface area contributed by atoms with E-state index in [2.05, 4.69) is 36.5 Å². The zero-order valence-corrected chi connectivity index (χ0v) is 10.1. The summed E-state index contributed by atoms with van der Waals surface area (Å²) in [4.78, 5) is 0. The predicted octanol–water partition coefficient (Wildman–Crippen LogP) is 3.10. The molecule has 1 nitrogen and oxygen atoms in total. The van der Waals surface area contributed by atoms with Gasteiger partial charge in [0.25, 0.3) is 0 Å². The van der Waals surface area contributed by atoms with Gasteiger partial charge in [-0.15, -0.1) is 0 Å². The summed E-state index contributed by atoms with van der Waals surface area (Å²) in [7, 11) is 0. The first-order valence-electron chi connectivity index (χ1n) is 6.69. The maximum Gasteiger partial charge on any atom is 0.00683 e. The molecule has 0 saturated heterocycles. The van der Waals surface area contributed by atoms with E-state index < -0.39 is 0 Å². The number of rotatable bonds is 5. The third kappa shape index (κ3) is 2.30. The molecule has 1 heteroatoms. The molecule has 3 rings (SSSR count). The predicted molar refractivity (Wildman–Crippen MR) is 67.7 cm³/mol. The van der Waals surface area contributed by atoms with E-state index in [9.17, 15) is 0 Å². The molecule has 2 unspecified atom stereocenters. The van der Waals surface area contributed by atoms with Gasteiger partial charge in [-0.2, -0.15) is 0 Å². The summed E-state index contributed by atoms with van der Waals surface area (Å²) in [5, 5.41) is 3.64. The van der Waals surface area contributed by atoms with Crippen LogP contribution in [-0.2, 0) is 6.42 Å². The molecular formula is C15H21N. The first-order valence-corrected chi connectivity index (χ1v) is 6.69. The molecule has 1 N–H and O–H groups in total. The van der Waals surface area contributed by atoms with E-state index in [4.69, 9.17) is 0 Å². The van der Waals surface area contributed by atoms with Gasteiger partial charge in [0.15, 0.2) is 0 Å². The lowest BCUT2D eigenvalue weighted by atomic mass is 10.1. The van der Waals surface area contributed by atoms with Crippen LogP contribution in [0.1, 0.15) is 43.2 Å². The highest BCUT2D eigenvalue weighted by Crippen LogP contribution is 2.47. The van der Waals surface area contributed by atoms with Gasteiger partial charge in [-0.3, -0.25) is 0 Å². The number of benzene rings is 1. The van der Waals surface area contributed by atoms with Gasteiger partial charge in [-0.05, 0) is 55.2 Å². The molecule has 2 aliphatic rings. The Hall–Kier alpha value is -0.820. The summed E-state index contributed by atoms with van der Waals surface area (Å²) in [6.07, 6.45) is 5.36. The third-order valence-corrected chi connectivity index (χ3v) is 3.98. The number of nitrogens with one attached hydrogen (secondary N) is 1. The number of hydrogen-bond acceptors (Lipinski definition) is 1. The molecule has 0 aliphatic heterocycles. The Kier molecular flexibility index (Phi) is 2.72. The molecule has 0 heterocycles. The van der Waals surface area contributed by atoms with Crippen LogP contribution in [0.25, 0.3) is 0 Å². The van der Waals surface area contributed by atoms with Crippen LogP contribution in [0.5, 0.6) is 0 Å². The van der Waals surface area contributed by atoms with Crippen molar-refractivity contribution in [3.63, 3.8) is 0 Å². The van der Waals surface area contributed by atoms with Gasteiger partial charge >= 0.3 is 0 Å². The maximum atomic E-state index is 3.64. The van der Waals surface area contributed by atoms with E-state index in [1.54, 1.807) is 5.56 Å². The molecule has 0 aromatic heterocycles. The Morgan fingerprint density at radius 3 is 2.56 bits per heavy atom. The van der Waals surface area contributed by atoms with Crippen molar-refractivity contribution in [1.29, 1.82) is 0 Å². The van der Waals surface area contributed by atoms with Crippen molar-refractivity contribution in [3.8, 4) is 0 Å². The van der Waals surface area contributed by atoms with Crippen LogP contribution >= 0.6 is 0 Å². The van der Waals surface area contributed by atoms with Crippen molar-refractivity contribution in [2.24, 2.45) is 5.92 Å². The molecule has 0 spiro atoms. The molecule has 1 aromatic carbocycles. The van der Waals surface area contributed by atoms with E-state index in [0.29, 0.717) is 0 Å². The van der Waals surface area contributed by atoms with E-state index in [1.807, 2.05) is 0 Å². The summed E-state index contributed by atoms with van der Waals surface area (Å²) >= 11 is 0. The third-order valence-electron chi connectivity index (χ3n) is 3.98. The van der Waals surface area contributed by atoms with Crippen LogP contribution in [0, 0.1) is 5.92 Å². The number of aryl methyl sites for hydroxylation is 1. The van der Waals surface area contributed by atoms with Gasteiger partial charge in [0.05, 0.1) is 0 Å². The average molecular weight is 215 g/mol.